The molecule has 0 radical (unpaired) electrons. The molecule has 2 heterocycles. The fourth-order valence-corrected chi connectivity index (χ4v) is 4.45. The number of anilines is 1. The number of alkyl halides is 3. The molecule has 0 aliphatic carbocycles. The minimum absolute atomic E-state index is 0.0508. The number of nitrogens with zero attached hydrogens (tertiary/aromatic N) is 3. The van der Waals surface area contributed by atoms with Gasteiger partial charge in [0.2, 0.25) is 0 Å². The van der Waals surface area contributed by atoms with Crippen molar-refractivity contribution in [2.24, 2.45) is 0 Å². The van der Waals surface area contributed by atoms with E-state index in [0.29, 0.717) is 5.56 Å². The molecule has 8 heteroatoms. The van der Waals surface area contributed by atoms with E-state index in [1.54, 1.807) is 19.2 Å². The number of carbonyl (C=O) groups is 2. The van der Waals surface area contributed by atoms with Crippen molar-refractivity contribution in [2.45, 2.75) is 32.0 Å². The van der Waals surface area contributed by atoms with Gasteiger partial charge in [-0.15, -0.1) is 0 Å². The summed E-state index contributed by atoms with van der Waals surface area (Å²) in [6, 6.07) is 11.6. The Morgan fingerprint density at radius 2 is 1.61 bits per heavy atom. The summed E-state index contributed by atoms with van der Waals surface area (Å²) in [7, 11) is 3.83. The molecule has 2 aliphatic rings. The molecule has 1 saturated heterocycles. The van der Waals surface area contributed by atoms with Crippen LogP contribution in [0.1, 0.15) is 29.5 Å². The Balaban J connectivity index is 1.79. The van der Waals surface area contributed by atoms with Crippen LogP contribution in [0.15, 0.2) is 54.2 Å². The van der Waals surface area contributed by atoms with Gasteiger partial charge < -0.3 is 9.80 Å². The van der Waals surface area contributed by atoms with Crippen LogP contribution in [-0.2, 0) is 15.8 Å². The SMILES string of the molecule is Cc1ccc(C2=C(N(C)C3CCN(C)CC3)C(=O)N(c3cccc(C(F)(F)F)c3)C2=O)cc1. The Hall–Kier alpha value is -3.13. The highest BCUT2D eigenvalue weighted by atomic mass is 19.4. The number of hydrogen-bond donors (Lipinski definition) is 0. The first-order chi connectivity index (χ1) is 15.6. The molecule has 174 valence electrons. The quantitative estimate of drug-likeness (QED) is 0.642. The smallest absolute Gasteiger partial charge is 0.366 e. The number of carbonyl (C=O) groups excluding carboxylic acids is 2. The van der Waals surface area contributed by atoms with Crippen LogP contribution in [0.4, 0.5) is 18.9 Å². The van der Waals surface area contributed by atoms with Gasteiger partial charge in [0, 0.05) is 13.1 Å². The van der Waals surface area contributed by atoms with Crippen molar-refractivity contribution >= 4 is 23.1 Å². The number of hydrogen-bond acceptors (Lipinski definition) is 4. The fourth-order valence-electron chi connectivity index (χ4n) is 4.45. The van der Waals surface area contributed by atoms with Crippen molar-refractivity contribution < 1.29 is 22.8 Å². The molecule has 0 spiro atoms. The maximum absolute atomic E-state index is 13.6. The summed E-state index contributed by atoms with van der Waals surface area (Å²) in [6.07, 6.45) is -2.94. The predicted octanol–water partition coefficient (Wildman–Crippen LogP) is 4.32. The first-order valence-corrected chi connectivity index (χ1v) is 10.9. The molecule has 0 N–H and O–H groups in total. The molecule has 0 aromatic heterocycles. The number of amides is 2. The number of rotatable bonds is 4. The van der Waals surface area contributed by atoms with Gasteiger partial charge in [-0.05, 0) is 63.7 Å². The van der Waals surface area contributed by atoms with Crippen molar-refractivity contribution in [3.63, 3.8) is 0 Å². The van der Waals surface area contributed by atoms with Crippen LogP contribution < -0.4 is 4.90 Å². The first kappa shape index (κ1) is 23.0. The van der Waals surface area contributed by atoms with Crippen molar-refractivity contribution in [3.8, 4) is 0 Å². The molecule has 4 rings (SSSR count). The molecule has 5 nitrogen and oxygen atoms in total. The first-order valence-electron chi connectivity index (χ1n) is 10.9. The lowest BCUT2D eigenvalue weighted by Crippen LogP contribution is -2.43. The molecule has 0 bridgehead atoms. The Labute approximate surface area is 191 Å². The summed E-state index contributed by atoms with van der Waals surface area (Å²) in [4.78, 5) is 32.0. The monoisotopic (exact) mass is 457 g/mol. The fraction of sp³-hybridized carbons (Fsp3) is 0.360. The molecular weight excluding hydrogens is 431 g/mol. The molecule has 0 unspecified atom stereocenters. The van der Waals surface area contributed by atoms with E-state index in [-0.39, 0.29) is 23.0 Å². The van der Waals surface area contributed by atoms with Gasteiger partial charge in [0.15, 0.2) is 0 Å². The van der Waals surface area contributed by atoms with Gasteiger partial charge in [-0.2, -0.15) is 13.2 Å². The minimum atomic E-state index is -4.58. The van der Waals surface area contributed by atoms with E-state index in [1.807, 2.05) is 31.0 Å². The zero-order chi connectivity index (χ0) is 23.9. The zero-order valence-corrected chi connectivity index (χ0v) is 18.8. The maximum atomic E-state index is 13.6. The van der Waals surface area contributed by atoms with Crippen LogP contribution in [0, 0.1) is 6.92 Å². The van der Waals surface area contributed by atoms with Crippen LogP contribution in [0.25, 0.3) is 5.57 Å². The topological polar surface area (TPSA) is 43.9 Å². The summed E-state index contributed by atoms with van der Waals surface area (Å²) < 4.78 is 39.9. The lowest BCUT2D eigenvalue weighted by atomic mass is 9.99. The van der Waals surface area contributed by atoms with Gasteiger partial charge in [-0.1, -0.05) is 35.9 Å². The highest BCUT2D eigenvalue weighted by Gasteiger charge is 2.44. The van der Waals surface area contributed by atoms with Crippen LogP contribution in [0.2, 0.25) is 0 Å². The second kappa shape index (κ2) is 8.67. The number of likely N-dealkylation sites (tertiary alicyclic amines) is 1. The Morgan fingerprint density at radius 1 is 0.970 bits per heavy atom. The van der Waals surface area contributed by atoms with E-state index in [2.05, 4.69) is 4.90 Å². The van der Waals surface area contributed by atoms with Crippen molar-refractivity contribution in [3.05, 3.63) is 70.9 Å². The summed E-state index contributed by atoms with van der Waals surface area (Å²) in [5, 5.41) is 0. The second-order valence-electron chi connectivity index (χ2n) is 8.73. The number of piperidine rings is 1. The third kappa shape index (κ3) is 4.39. The summed E-state index contributed by atoms with van der Waals surface area (Å²) in [6.45, 7) is 3.64. The Kier molecular flexibility index (Phi) is 6.05. The lowest BCUT2D eigenvalue weighted by molar-refractivity contribution is -0.137. The van der Waals surface area contributed by atoms with Gasteiger partial charge in [-0.3, -0.25) is 9.59 Å². The van der Waals surface area contributed by atoms with Gasteiger partial charge >= 0.3 is 6.18 Å². The second-order valence-corrected chi connectivity index (χ2v) is 8.73. The normalized spacial score (nSPS) is 18.4. The highest BCUT2D eigenvalue weighted by molar-refractivity contribution is 6.45. The highest BCUT2D eigenvalue weighted by Crippen LogP contribution is 2.38. The van der Waals surface area contributed by atoms with E-state index >= 15 is 0 Å². The van der Waals surface area contributed by atoms with Crippen LogP contribution >= 0.6 is 0 Å². The van der Waals surface area contributed by atoms with E-state index in [4.69, 9.17) is 0 Å². The summed E-state index contributed by atoms with van der Waals surface area (Å²) in [5.41, 5.74) is 1.03. The van der Waals surface area contributed by atoms with Crippen molar-refractivity contribution in [1.29, 1.82) is 0 Å². The number of benzene rings is 2. The molecule has 0 saturated carbocycles. The Bertz CT molecular complexity index is 1100. The van der Waals surface area contributed by atoms with Gasteiger partial charge in [-0.25, -0.2) is 4.90 Å². The molecule has 2 amide bonds. The average Bonchev–Trinajstić information content (AvgIpc) is 3.04. The van der Waals surface area contributed by atoms with Crippen molar-refractivity contribution in [2.75, 3.05) is 32.1 Å². The van der Waals surface area contributed by atoms with Gasteiger partial charge in [0.1, 0.15) is 5.70 Å². The molecule has 2 aromatic carbocycles. The third-order valence-electron chi connectivity index (χ3n) is 6.42. The molecule has 2 aliphatic heterocycles. The standard InChI is InChI=1S/C25H26F3N3O2/c1-16-7-9-17(10-8-16)21-22(30(3)19-11-13-29(2)14-12-19)24(33)31(23(21)32)20-6-4-5-18(15-20)25(26,27)28/h4-10,15,19H,11-14H2,1-3H3. The van der Waals surface area contributed by atoms with Crippen LogP contribution in [-0.4, -0.2) is 54.8 Å². The van der Waals surface area contributed by atoms with Crippen LogP contribution in [0.5, 0.6) is 0 Å². The number of likely N-dealkylation sites (N-methyl/N-ethyl adjacent to an activating group) is 1. The van der Waals surface area contributed by atoms with E-state index < -0.39 is 23.6 Å². The predicted molar refractivity (Wildman–Crippen MR) is 120 cm³/mol. The van der Waals surface area contributed by atoms with E-state index in [0.717, 1.165) is 48.5 Å². The van der Waals surface area contributed by atoms with E-state index in [9.17, 15) is 22.8 Å². The molecular formula is C25H26F3N3O2. The lowest BCUT2D eigenvalue weighted by Gasteiger charge is -2.36. The molecule has 0 atom stereocenters. The molecule has 2 aromatic rings. The number of halogens is 3. The van der Waals surface area contributed by atoms with Crippen LogP contribution in [0.3, 0.4) is 0 Å². The largest absolute Gasteiger partial charge is 0.416 e. The number of aryl methyl sites for hydroxylation is 1. The zero-order valence-electron chi connectivity index (χ0n) is 18.8. The average molecular weight is 457 g/mol. The third-order valence-corrected chi connectivity index (χ3v) is 6.42. The Morgan fingerprint density at radius 3 is 2.21 bits per heavy atom. The molecule has 33 heavy (non-hydrogen) atoms. The van der Waals surface area contributed by atoms with Gasteiger partial charge in [0.25, 0.3) is 11.8 Å². The summed E-state index contributed by atoms with van der Waals surface area (Å²) >= 11 is 0. The number of imide groups is 1. The van der Waals surface area contributed by atoms with Crippen molar-refractivity contribution in [1.82, 2.24) is 9.80 Å². The molecule has 1 fully saturated rings. The minimum Gasteiger partial charge on any atom is -0.366 e. The maximum Gasteiger partial charge on any atom is 0.416 e. The summed E-state index contributed by atoms with van der Waals surface area (Å²) in [5.74, 6) is -1.21. The van der Waals surface area contributed by atoms with Gasteiger partial charge in [0.05, 0.1) is 16.8 Å². The van der Waals surface area contributed by atoms with E-state index in [1.165, 1.54) is 12.1 Å².